The zero-order chi connectivity index (χ0) is 13.7. The largest absolute Gasteiger partial charge is 0.398 e. The van der Waals surface area contributed by atoms with Crippen LogP contribution in [-0.4, -0.2) is 32.4 Å². The number of tetrazole rings is 1. The number of nitrogens with two attached hydrogens (primary N) is 1. The Kier molecular flexibility index (Phi) is 2.68. The summed E-state index contributed by atoms with van der Waals surface area (Å²) in [6.45, 7) is 0. The molecule has 4 rings (SSSR count). The predicted octanol–water partition coefficient (Wildman–Crippen LogP) is 2.07. The van der Waals surface area contributed by atoms with E-state index < -0.39 is 0 Å². The molecule has 2 N–H and O–H groups in total. The molecule has 0 amide bonds. The van der Waals surface area contributed by atoms with Crippen LogP contribution in [0.5, 0.6) is 0 Å². The topological polar surface area (TPSA) is 78.9 Å². The summed E-state index contributed by atoms with van der Waals surface area (Å²) in [4.78, 5) is 0. The van der Waals surface area contributed by atoms with Crippen molar-refractivity contribution in [3.05, 3.63) is 23.2 Å². The fourth-order valence-electron chi connectivity index (χ4n) is 3.16. The number of nitrogen functional groups attached to an aromatic ring is 1. The summed E-state index contributed by atoms with van der Waals surface area (Å²) in [6.07, 6.45) is 3.79. The van der Waals surface area contributed by atoms with Crippen molar-refractivity contribution in [2.45, 2.75) is 37.5 Å². The van der Waals surface area contributed by atoms with Crippen molar-refractivity contribution in [1.29, 1.82) is 0 Å². The van der Waals surface area contributed by atoms with Crippen molar-refractivity contribution in [3.8, 4) is 11.4 Å². The van der Waals surface area contributed by atoms with Crippen LogP contribution in [0.25, 0.3) is 11.4 Å². The lowest BCUT2D eigenvalue weighted by atomic mass is 9.95. The van der Waals surface area contributed by atoms with Gasteiger partial charge in [0, 0.05) is 5.56 Å². The molecule has 2 aliphatic rings. The zero-order valence-corrected chi connectivity index (χ0v) is 11.5. The zero-order valence-electron chi connectivity index (χ0n) is 10.7. The van der Waals surface area contributed by atoms with Crippen LogP contribution in [0.1, 0.15) is 25.3 Å². The SMILES string of the molecule is Nc1cc(-c2nnnn2C2CC3CCC2O3)ccc1Cl. The minimum Gasteiger partial charge on any atom is -0.398 e. The summed E-state index contributed by atoms with van der Waals surface area (Å²) in [7, 11) is 0. The lowest BCUT2D eigenvalue weighted by molar-refractivity contribution is 0.0922. The smallest absolute Gasteiger partial charge is 0.182 e. The summed E-state index contributed by atoms with van der Waals surface area (Å²) in [5.74, 6) is 0.717. The van der Waals surface area contributed by atoms with Crippen LogP contribution in [0.2, 0.25) is 5.02 Å². The predicted molar refractivity (Wildman–Crippen MR) is 74.2 cm³/mol. The van der Waals surface area contributed by atoms with Crippen molar-refractivity contribution in [3.63, 3.8) is 0 Å². The van der Waals surface area contributed by atoms with Gasteiger partial charge in [-0.05, 0) is 47.9 Å². The van der Waals surface area contributed by atoms with Gasteiger partial charge in [-0.2, -0.15) is 0 Å². The summed E-state index contributed by atoms with van der Waals surface area (Å²) in [5.41, 5.74) is 7.26. The van der Waals surface area contributed by atoms with E-state index in [0.717, 1.165) is 30.7 Å². The monoisotopic (exact) mass is 291 g/mol. The van der Waals surface area contributed by atoms with Crippen LogP contribution in [0.3, 0.4) is 0 Å². The van der Waals surface area contributed by atoms with Gasteiger partial charge in [-0.25, -0.2) is 4.68 Å². The van der Waals surface area contributed by atoms with Gasteiger partial charge < -0.3 is 10.5 Å². The molecule has 104 valence electrons. The standard InChI is InChI=1S/C13H14ClN5O/c14-9-3-1-7(5-10(9)15)13-16-17-18-19(13)11-6-8-2-4-12(11)20-8/h1,3,5,8,11-12H,2,4,6,15H2. The average Bonchev–Trinajstić information content (AvgIpc) is 3.16. The number of fused-ring (bicyclic) bond motifs is 2. The molecule has 6 nitrogen and oxygen atoms in total. The molecule has 0 aliphatic carbocycles. The Morgan fingerprint density at radius 3 is 2.95 bits per heavy atom. The molecule has 0 spiro atoms. The van der Waals surface area contributed by atoms with Crippen LogP contribution in [0.4, 0.5) is 5.69 Å². The first-order chi connectivity index (χ1) is 9.72. The van der Waals surface area contributed by atoms with E-state index >= 15 is 0 Å². The summed E-state index contributed by atoms with van der Waals surface area (Å²) < 4.78 is 7.75. The Bertz CT molecular complexity index is 658. The second kappa shape index (κ2) is 4.43. The van der Waals surface area contributed by atoms with Gasteiger partial charge in [0.25, 0.3) is 0 Å². The van der Waals surface area contributed by atoms with Gasteiger partial charge in [-0.15, -0.1) is 5.10 Å². The summed E-state index contributed by atoms with van der Waals surface area (Å²) >= 11 is 5.96. The highest BCUT2D eigenvalue weighted by Crippen LogP contribution is 2.42. The molecular weight excluding hydrogens is 278 g/mol. The summed E-state index contributed by atoms with van der Waals surface area (Å²) in [5, 5.41) is 12.6. The molecule has 0 saturated carbocycles. The highest BCUT2D eigenvalue weighted by Gasteiger charge is 2.43. The molecule has 2 aromatic rings. The Balaban J connectivity index is 1.73. The number of hydrogen-bond donors (Lipinski definition) is 1. The van der Waals surface area contributed by atoms with Crippen LogP contribution in [0.15, 0.2) is 18.2 Å². The molecule has 0 radical (unpaired) electrons. The van der Waals surface area contributed by atoms with Gasteiger partial charge in [0.1, 0.15) is 0 Å². The molecule has 3 heterocycles. The quantitative estimate of drug-likeness (QED) is 0.857. The lowest BCUT2D eigenvalue weighted by Gasteiger charge is -2.19. The molecule has 2 aliphatic heterocycles. The first kappa shape index (κ1) is 12.1. The number of ether oxygens (including phenoxy) is 1. The van der Waals surface area contributed by atoms with E-state index in [1.54, 1.807) is 12.1 Å². The van der Waals surface area contributed by atoms with Crippen molar-refractivity contribution in [2.24, 2.45) is 0 Å². The number of benzene rings is 1. The minimum absolute atomic E-state index is 0.218. The van der Waals surface area contributed by atoms with E-state index in [1.807, 2.05) is 10.7 Å². The number of hydrogen-bond acceptors (Lipinski definition) is 5. The maximum atomic E-state index is 5.96. The van der Waals surface area contributed by atoms with Gasteiger partial charge in [0.05, 0.1) is 29.0 Å². The normalized spacial score (nSPS) is 28.1. The van der Waals surface area contributed by atoms with Crippen LogP contribution in [-0.2, 0) is 4.74 Å². The maximum absolute atomic E-state index is 5.96. The second-order valence-corrected chi connectivity index (χ2v) is 5.77. The Labute approximate surface area is 120 Å². The second-order valence-electron chi connectivity index (χ2n) is 5.36. The molecule has 2 bridgehead atoms. The first-order valence-electron chi connectivity index (χ1n) is 6.71. The number of halogens is 1. The fraction of sp³-hybridized carbons (Fsp3) is 0.462. The number of anilines is 1. The van der Waals surface area contributed by atoms with E-state index in [4.69, 9.17) is 22.1 Å². The third-order valence-corrected chi connectivity index (χ3v) is 4.48. The molecule has 3 unspecified atom stereocenters. The van der Waals surface area contributed by atoms with E-state index in [9.17, 15) is 0 Å². The van der Waals surface area contributed by atoms with Crippen LogP contribution >= 0.6 is 11.6 Å². The average molecular weight is 292 g/mol. The van der Waals surface area contributed by atoms with E-state index in [2.05, 4.69) is 15.5 Å². The Morgan fingerprint density at radius 1 is 1.35 bits per heavy atom. The molecular formula is C13H14ClN5O. The van der Waals surface area contributed by atoms with Crippen LogP contribution in [0, 0.1) is 0 Å². The van der Waals surface area contributed by atoms with Crippen molar-refractivity contribution in [1.82, 2.24) is 20.2 Å². The summed E-state index contributed by atoms with van der Waals surface area (Å²) in [6, 6.07) is 5.67. The molecule has 1 aromatic carbocycles. The molecule has 2 saturated heterocycles. The lowest BCUT2D eigenvalue weighted by Crippen LogP contribution is -2.22. The Hall–Kier alpha value is -1.66. The molecule has 2 fully saturated rings. The fourth-order valence-corrected chi connectivity index (χ4v) is 3.28. The van der Waals surface area contributed by atoms with Crippen molar-refractivity contribution >= 4 is 17.3 Å². The third kappa shape index (κ3) is 1.79. The molecule has 1 aromatic heterocycles. The van der Waals surface area contributed by atoms with E-state index in [1.165, 1.54) is 0 Å². The van der Waals surface area contributed by atoms with Crippen molar-refractivity contribution < 1.29 is 4.74 Å². The highest BCUT2D eigenvalue weighted by molar-refractivity contribution is 6.33. The minimum atomic E-state index is 0.218. The number of nitrogens with zero attached hydrogens (tertiary/aromatic N) is 4. The third-order valence-electron chi connectivity index (χ3n) is 4.14. The highest BCUT2D eigenvalue weighted by atomic mass is 35.5. The van der Waals surface area contributed by atoms with Gasteiger partial charge in [0.15, 0.2) is 5.82 Å². The number of aromatic nitrogens is 4. The van der Waals surface area contributed by atoms with E-state index in [-0.39, 0.29) is 12.1 Å². The van der Waals surface area contributed by atoms with E-state index in [0.29, 0.717) is 16.8 Å². The number of rotatable bonds is 2. The van der Waals surface area contributed by atoms with Crippen molar-refractivity contribution in [2.75, 3.05) is 5.73 Å². The molecule has 7 heteroatoms. The maximum Gasteiger partial charge on any atom is 0.182 e. The van der Waals surface area contributed by atoms with Gasteiger partial charge in [-0.1, -0.05) is 11.6 Å². The van der Waals surface area contributed by atoms with Gasteiger partial charge >= 0.3 is 0 Å². The first-order valence-corrected chi connectivity index (χ1v) is 7.09. The molecule has 20 heavy (non-hydrogen) atoms. The Morgan fingerprint density at radius 2 is 2.25 bits per heavy atom. The molecule has 3 atom stereocenters. The van der Waals surface area contributed by atoms with Gasteiger partial charge in [0.2, 0.25) is 0 Å². The van der Waals surface area contributed by atoms with Crippen LogP contribution < -0.4 is 5.73 Å². The van der Waals surface area contributed by atoms with Gasteiger partial charge in [-0.3, -0.25) is 0 Å².